The minimum absolute atomic E-state index is 1.20. The van der Waals surface area contributed by atoms with Crippen molar-refractivity contribution < 1.29 is 0 Å². The summed E-state index contributed by atoms with van der Waals surface area (Å²) in [5, 5.41) is 2.56. The van der Waals surface area contributed by atoms with E-state index in [1.807, 2.05) is 6.08 Å². The second kappa shape index (κ2) is 5.11. The minimum Gasteiger partial charge on any atom is -0.102 e. The van der Waals surface area contributed by atoms with Crippen LogP contribution in [0.4, 0.5) is 0 Å². The van der Waals surface area contributed by atoms with Crippen molar-refractivity contribution >= 4 is 10.8 Å². The maximum atomic E-state index is 3.80. The monoisotopic (exact) mass is 243 g/mol. The minimum atomic E-state index is 1.20. The number of benzene rings is 3. The maximum Gasteiger partial charge on any atom is 0.0125 e. The van der Waals surface area contributed by atoms with Crippen molar-refractivity contribution in [3.05, 3.63) is 91.4 Å². The molecule has 3 aromatic rings. The average Bonchev–Trinajstić information content (AvgIpc) is 2.48. The Balaban J connectivity index is 2.27. The van der Waals surface area contributed by atoms with Gasteiger partial charge in [0.25, 0.3) is 0 Å². The fourth-order valence-electron chi connectivity index (χ4n) is 2.47. The number of allylic oxidation sites excluding steroid dienone is 1. The molecule has 0 spiro atoms. The van der Waals surface area contributed by atoms with E-state index >= 15 is 0 Å². The van der Waals surface area contributed by atoms with Gasteiger partial charge in [-0.1, -0.05) is 72.8 Å². The largest absolute Gasteiger partial charge is 0.102 e. The Bertz CT molecular complexity index is 717. The van der Waals surface area contributed by atoms with Crippen LogP contribution in [-0.4, -0.2) is 0 Å². The van der Waals surface area contributed by atoms with Crippen molar-refractivity contribution in [2.24, 2.45) is 0 Å². The van der Waals surface area contributed by atoms with Crippen LogP contribution in [0.3, 0.4) is 0 Å². The molecule has 0 saturated heterocycles. The Labute approximate surface area is 114 Å². The smallest absolute Gasteiger partial charge is 0.0125 e. The van der Waals surface area contributed by atoms with Gasteiger partial charge in [-0.2, -0.15) is 0 Å². The lowest BCUT2D eigenvalue weighted by Crippen LogP contribution is -1.87. The van der Waals surface area contributed by atoms with Gasteiger partial charge in [0.2, 0.25) is 0 Å². The molecule has 0 aliphatic carbocycles. The Morgan fingerprint density at radius 3 is 2.26 bits per heavy atom. The van der Waals surface area contributed by atoms with Gasteiger partial charge >= 0.3 is 0 Å². The number of hydrogen-bond acceptors (Lipinski definition) is 0. The van der Waals surface area contributed by atoms with Gasteiger partial charge in [-0.15, -0.1) is 6.58 Å². The summed E-state index contributed by atoms with van der Waals surface area (Å²) in [5.74, 6) is 0. The van der Waals surface area contributed by atoms with E-state index < -0.39 is 0 Å². The van der Waals surface area contributed by atoms with Crippen LogP contribution in [0.25, 0.3) is 21.9 Å². The van der Waals surface area contributed by atoms with Crippen molar-refractivity contribution in [3.8, 4) is 11.1 Å². The van der Waals surface area contributed by atoms with Gasteiger partial charge in [-0.3, -0.25) is 0 Å². The maximum absolute atomic E-state index is 3.80. The normalized spacial score (nSPS) is 10.5. The molecule has 0 heteroatoms. The van der Waals surface area contributed by atoms with Gasteiger partial charge in [0.1, 0.15) is 0 Å². The molecule has 0 aliphatic rings. The summed E-state index contributed by atoms with van der Waals surface area (Å²) in [7, 11) is 0. The van der Waals surface area contributed by atoms with Crippen LogP contribution in [0.1, 0.15) is 5.56 Å². The van der Waals surface area contributed by atoms with Gasteiger partial charge in [0, 0.05) is 6.42 Å². The molecule has 0 N–H and O–H groups in total. The van der Waals surface area contributed by atoms with Crippen LogP contribution in [0.5, 0.6) is 0 Å². The topological polar surface area (TPSA) is 0 Å². The molecule has 3 rings (SSSR count). The average molecular weight is 243 g/mol. The van der Waals surface area contributed by atoms with E-state index in [4.69, 9.17) is 0 Å². The van der Waals surface area contributed by atoms with E-state index in [2.05, 4.69) is 79.7 Å². The van der Waals surface area contributed by atoms with E-state index in [-0.39, 0.29) is 0 Å². The van der Waals surface area contributed by atoms with Crippen LogP contribution in [0.2, 0.25) is 0 Å². The Morgan fingerprint density at radius 2 is 1.37 bits per heavy atom. The first-order valence-electron chi connectivity index (χ1n) is 6.43. The molecular weight excluding hydrogens is 228 g/mol. The molecule has 0 amide bonds. The fourth-order valence-corrected chi connectivity index (χ4v) is 2.47. The van der Waals surface area contributed by atoms with E-state index in [1.54, 1.807) is 0 Å². The summed E-state index contributed by atoms with van der Waals surface area (Å²) < 4.78 is 0. The first-order chi connectivity index (χ1) is 9.40. The van der Waals surface area contributed by atoms with Crippen molar-refractivity contribution in [1.82, 2.24) is 0 Å². The highest BCUT2D eigenvalue weighted by Gasteiger charge is 2.06. The molecule has 0 saturated carbocycles. The predicted octanol–water partition coefficient (Wildman–Crippen LogP) is 5.25. The standard InChI is InChI=1S/C19H15/c1-2-8-15-9-3-5-12-17(15)19-14-7-11-16-10-4-6-13-18(16)19/h2-14H,1H2. The summed E-state index contributed by atoms with van der Waals surface area (Å²) in [5.41, 5.74) is 3.72. The van der Waals surface area contributed by atoms with Crippen LogP contribution in [0.15, 0.2) is 79.4 Å². The quantitative estimate of drug-likeness (QED) is 0.589. The van der Waals surface area contributed by atoms with Gasteiger partial charge < -0.3 is 0 Å². The fraction of sp³-hybridized carbons (Fsp3) is 0. The van der Waals surface area contributed by atoms with Crippen molar-refractivity contribution in [1.29, 1.82) is 0 Å². The lowest BCUT2D eigenvalue weighted by molar-refractivity contribution is 1.51. The van der Waals surface area contributed by atoms with E-state index in [0.29, 0.717) is 0 Å². The van der Waals surface area contributed by atoms with Crippen molar-refractivity contribution in [3.63, 3.8) is 0 Å². The highest BCUT2D eigenvalue weighted by molar-refractivity contribution is 5.97. The summed E-state index contributed by atoms with van der Waals surface area (Å²) in [6.07, 6.45) is 3.89. The van der Waals surface area contributed by atoms with Gasteiger partial charge in [-0.25, -0.2) is 0 Å². The van der Waals surface area contributed by atoms with Crippen LogP contribution in [-0.2, 0) is 0 Å². The Kier molecular flexibility index (Phi) is 3.16. The molecule has 91 valence electrons. The zero-order chi connectivity index (χ0) is 13.1. The molecule has 0 aliphatic heterocycles. The third-order valence-corrected chi connectivity index (χ3v) is 3.34. The Morgan fingerprint density at radius 1 is 0.684 bits per heavy atom. The first-order valence-corrected chi connectivity index (χ1v) is 6.43. The predicted molar refractivity (Wildman–Crippen MR) is 83.0 cm³/mol. The molecule has 0 aromatic heterocycles. The number of fused-ring (bicyclic) bond motifs is 1. The molecular formula is C19H15. The van der Waals surface area contributed by atoms with Gasteiger partial charge in [0.15, 0.2) is 0 Å². The van der Waals surface area contributed by atoms with Crippen LogP contribution < -0.4 is 0 Å². The molecule has 0 heterocycles. The van der Waals surface area contributed by atoms with Crippen molar-refractivity contribution in [2.45, 2.75) is 0 Å². The molecule has 0 fully saturated rings. The molecule has 1 radical (unpaired) electrons. The summed E-state index contributed by atoms with van der Waals surface area (Å²) >= 11 is 0. The van der Waals surface area contributed by atoms with E-state index in [0.717, 1.165) is 0 Å². The second-order valence-electron chi connectivity index (χ2n) is 4.52. The third kappa shape index (κ3) is 2.17. The highest BCUT2D eigenvalue weighted by Crippen LogP contribution is 2.31. The molecule has 0 nitrogen and oxygen atoms in total. The zero-order valence-corrected chi connectivity index (χ0v) is 10.7. The molecule has 3 aromatic carbocycles. The lowest BCUT2D eigenvalue weighted by atomic mass is 9.93. The highest BCUT2D eigenvalue weighted by atomic mass is 14.1. The van der Waals surface area contributed by atoms with E-state index in [1.165, 1.54) is 27.5 Å². The van der Waals surface area contributed by atoms with Crippen molar-refractivity contribution in [2.75, 3.05) is 0 Å². The number of hydrogen-bond donors (Lipinski definition) is 0. The molecule has 0 unspecified atom stereocenters. The van der Waals surface area contributed by atoms with Crippen LogP contribution >= 0.6 is 0 Å². The van der Waals surface area contributed by atoms with E-state index in [9.17, 15) is 0 Å². The summed E-state index contributed by atoms with van der Waals surface area (Å²) in [4.78, 5) is 0. The summed E-state index contributed by atoms with van der Waals surface area (Å²) in [6, 6.07) is 23.4. The molecule has 0 atom stereocenters. The molecule has 19 heavy (non-hydrogen) atoms. The second-order valence-corrected chi connectivity index (χ2v) is 4.52. The number of rotatable bonds is 3. The zero-order valence-electron chi connectivity index (χ0n) is 10.7. The third-order valence-electron chi connectivity index (χ3n) is 3.34. The van der Waals surface area contributed by atoms with Crippen LogP contribution in [0, 0.1) is 6.42 Å². The van der Waals surface area contributed by atoms with Gasteiger partial charge in [-0.05, 0) is 27.5 Å². The summed E-state index contributed by atoms with van der Waals surface area (Å²) in [6.45, 7) is 3.80. The Hall–Kier alpha value is -2.34. The SMILES string of the molecule is C=C[CH]c1ccccc1-c1cccc2ccccc12. The lowest BCUT2D eigenvalue weighted by Gasteiger charge is -2.11. The first kappa shape index (κ1) is 11.7. The molecule has 0 bridgehead atoms. The van der Waals surface area contributed by atoms with Gasteiger partial charge in [0.05, 0.1) is 0 Å².